The smallest absolute Gasteiger partial charge is 0.249 e. The summed E-state index contributed by atoms with van der Waals surface area (Å²) in [6, 6.07) is 14.8. The van der Waals surface area contributed by atoms with Gasteiger partial charge in [0.05, 0.1) is 0 Å². The summed E-state index contributed by atoms with van der Waals surface area (Å²) in [6.45, 7) is 2.20. The van der Waals surface area contributed by atoms with E-state index in [1.165, 1.54) is 49.2 Å². The summed E-state index contributed by atoms with van der Waals surface area (Å²) >= 11 is 1.20. The number of amides is 2. The molecule has 3 rings (SSSR count). The zero-order chi connectivity index (χ0) is 24.9. The molecule has 8 heteroatoms. The van der Waals surface area contributed by atoms with Crippen molar-refractivity contribution in [3.8, 4) is 10.6 Å². The van der Waals surface area contributed by atoms with Gasteiger partial charge in [-0.15, -0.1) is 10.2 Å². The number of carbonyl (C=O) groups excluding carboxylic acids is 2. The molecule has 0 fully saturated rings. The summed E-state index contributed by atoms with van der Waals surface area (Å²) in [5, 5.41) is 14.7. The van der Waals surface area contributed by atoms with Gasteiger partial charge in [0.25, 0.3) is 0 Å². The molecular formula is C27H33FN4O2S. The van der Waals surface area contributed by atoms with Crippen molar-refractivity contribution in [1.29, 1.82) is 0 Å². The molecule has 1 heterocycles. The van der Waals surface area contributed by atoms with E-state index in [0.29, 0.717) is 28.5 Å². The van der Waals surface area contributed by atoms with Crippen LogP contribution in [0.1, 0.15) is 63.9 Å². The van der Waals surface area contributed by atoms with E-state index in [4.69, 9.17) is 0 Å². The van der Waals surface area contributed by atoms with Crippen molar-refractivity contribution >= 4 is 28.3 Å². The molecule has 0 saturated carbocycles. The van der Waals surface area contributed by atoms with Crippen molar-refractivity contribution in [1.82, 2.24) is 15.5 Å². The van der Waals surface area contributed by atoms with Crippen LogP contribution in [0.5, 0.6) is 0 Å². The summed E-state index contributed by atoms with van der Waals surface area (Å²) in [5.41, 5.74) is 1.67. The van der Waals surface area contributed by atoms with Gasteiger partial charge in [0.15, 0.2) is 0 Å². The average Bonchev–Trinajstić information content (AvgIpc) is 3.32. The predicted octanol–water partition coefficient (Wildman–Crippen LogP) is 6.15. The first-order valence-electron chi connectivity index (χ1n) is 12.3. The van der Waals surface area contributed by atoms with Crippen LogP contribution in [-0.4, -0.2) is 28.1 Å². The maximum atomic E-state index is 13.2. The second-order valence-corrected chi connectivity index (χ2v) is 9.57. The van der Waals surface area contributed by atoms with Gasteiger partial charge in [-0.3, -0.25) is 14.9 Å². The maximum absolute atomic E-state index is 13.2. The molecule has 1 atom stereocenters. The van der Waals surface area contributed by atoms with Crippen LogP contribution >= 0.6 is 11.3 Å². The Morgan fingerprint density at radius 1 is 0.914 bits per heavy atom. The number of halogens is 1. The predicted molar refractivity (Wildman–Crippen MR) is 139 cm³/mol. The molecule has 2 amide bonds. The summed E-state index contributed by atoms with van der Waals surface area (Å²) in [6.07, 6.45) is 8.67. The Balaban J connectivity index is 1.57. The number of nitrogens with one attached hydrogen (secondary N) is 2. The Morgan fingerprint density at radius 2 is 1.60 bits per heavy atom. The van der Waals surface area contributed by atoms with Crippen LogP contribution < -0.4 is 10.6 Å². The highest BCUT2D eigenvalue weighted by Gasteiger charge is 2.22. The maximum Gasteiger partial charge on any atom is 0.249 e. The lowest BCUT2D eigenvalue weighted by Gasteiger charge is -2.18. The monoisotopic (exact) mass is 496 g/mol. The van der Waals surface area contributed by atoms with Gasteiger partial charge in [0.2, 0.25) is 16.9 Å². The van der Waals surface area contributed by atoms with Crippen molar-refractivity contribution in [3.63, 3.8) is 0 Å². The molecule has 0 radical (unpaired) electrons. The summed E-state index contributed by atoms with van der Waals surface area (Å²) in [7, 11) is 0. The third-order valence-electron chi connectivity index (χ3n) is 5.69. The molecule has 1 aromatic heterocycles. The van der Waals surface area contributed by atoms with Gasteiger partial charge in [-0.2, -0.15) is 0 Å². The number of unbranched alkanes of at least 4 members (excludes halogenated alkanes) is 6. The largest absolute Gasteiger partial charge is 0.344 e. The normalized spacial score (nSPS) is 11.7. The van der Waals surface area contributed by atoms with Gasteiger partial charge in [0, 0.05) is 18.4 Å². The molecule has 0 bridgehead atoms. The highest BCUT2D eigenvalue weighted by atomic mass is 32.1. The van der Waals surface area contributed by atoms with Gasteiger partial charge in [-0.05, 0) is 36.2 Å². The number of anilines is 1. The van der Waals surface area contributed by atoms with Crippen LogP contribution in [0.4, 0.5) is 9.52 Å². The van der Waals surface area contributed by atoms with Crippen LogP contribution in [0.15, 0.2) is 54.6 Å². The third-order valence-corrected chi connectivity index (χ3v) is 6.58. The first kappa shape index (κ1) is 26.5. The van der Waals surface area contributed by atoms with Crippen molar-refractivity contribution < 1.29 is 14.0 Å². The minimum absolute atomic E-state index is 0.126. The SMILES string of the molecule is CCCCCCCCCC(=O)NC(Cc1ccccc1)C(=O)Nc1nnc(-c2ccc(F)cc2)s1. The quantitative estimate of drug-likeness (QED) is 0.262. The van der Waals surface area contributed by atoms with E-state index in [-0.39, 0.29) is 17.6 Å². The number of aromatic nitrogens is 2. The minimum atomic E-state index is -0.729. The van der Waals surface area contributed by atoms with E-state index >= 15 is 0 Å². The van der Waals surface area contributed by atoms with Gasteiger partial charge in [0.1, 0.15) is 16.9 Å². The van der Waals surface area contributed by atoms with Gasteiger partial charge in [-0.25, -0.2) is 4.39 Å². The molecule has 186 valence electrons. The van der Waals surface area contributed by atoms with Crippen LogP contribution in [0.3, 0.4) is 0 Å². The number of benzene rings is 2. The minimum Gasteiger partial charge on any atom is -0.344 e. The molecule has 6 nitrogen and oxygen atoms in total. The van der Waals surface area contributed by atoms with Crippen molar-refractivity contribution in [2.45, 2.75) is 70.8 Å². The van der Waals surface area contributed by atoms with E-state index in [1.54, 1.807) is 12.1 Å². The standard InChI is InChI=1S/C27H33FN4O2S/c1-2-3-4-5-6-7-11-14-24(33)29-23(19-20-12-9-8-10-13-20)25(34)30-27-32-31-26(35-27)21-15-17-22(28)18-16-21/h8-10,12-13,15-18,23H,2-7,11,14,19H2,1H3,(H,29,33)(H,30,32,34). The van der Waals surface area contributed by atoms with E-state index in [1.807, 2.05) is 30.3 Å². The second-order valence-electron chi connectivity index (χ2n) is 8.59. The second kappa shape index (κ2) is 14.3. The lowest BCUT2D eigenvalue weighted by Crippen LogP contribution is -2.45. The summed E-state index contributed by atoms with van der Waals surface area (Å²) in [5.74, 6) is -0.801. The molecule has 35 heavy (non-hydrogen) atoms. The molecule has 1 unspecified atom stereocenters. The van der Waals surface area contributed by atoms with E-state index < -0.39 is 6.04 Å². The molecule has 0 spiro atoms. The number of carbonyl (C=O) groups is 2. The Labute approximate surface area is 210 Å². The highest BCUT2D eigenvalue weighted by molar-refractivity contribution is 7.18. The third kappa shape index (κ3) is 9.20. The molecule has 2 aromatic carbocycles. The zero-order valence-corrected chi connectivity index (χ0v) is 21.0. The molecular weight excluding hydrogens is 463 g/mol. The lowest BCUT2D eigenvalue weighted by atomic mass is 10.0. The van der Waals surface area contributed by atoms with Gasteiger partial charge < -0.3 is 5.32 Å². The van der Waals surface area contributed by atoms with Crippen molar-refractivity contribution in [2.24, 2.45) is 0 Å². The Kier molecular flexibility index (Phi) is 10.8. The molecule has 0 saturated heterocycles. The average molecular weight is 497 g/mol. The first-order valence-corrected chi connectivity index (χ1v) is 13.1. The fourth-order valence-electron chi connectivity index (χ4n) is 3.74. The first-order chi connectivity index (χ1) is 17.0. The lowest BCUT2D eigenvalue weighted by molar-refractivity contribution is -0.126. The van der Waals surface area contributed by atoms with Gasteiger partial charge >= 0.3 is 0 Å². The van der Waals surface area contributed by atoms with Crippen LogP contribution in [0.25, 0.3) is 10.6 Å². The number of hydrogen-bond acceptors (Lipinski definition) is 5. The van der Waals surface area contributed by atoms with Crippen molar-refractivity contribution in [3.05, 3.63) is 66.0 Å². The van der Waals surface area contributed by atoms with Crippen LogP contribution in [0, 0.1) is 5.82 Å². The van der Waals surface area contributed by atoms with Gasteiger partial charge in [-0.1, -0.05) is 87.1 Å². The summed E-state index contributed by atoms with van der Waals surface area (Å²) in [4.78, 5) is 25.7. The fraction of sp³-hybridized carbons (Fsp3) is 0.407. The highest BCUT2D eigenvalue weighted by Crippen LogP contribution is 2.26. The van der Waals surface area contributed by atoms with E-state index in [0.717, 1.165) is 24.8 Å². The fourth-order valence-corrected chi connectivity index (χ4v) is 4.50. The molecule has 0 aliphatic carbocycles. The van der Waals surface area contributed by atoms with E-state index in [9.17, 15) is 14.0 Å². The van der Waals surface area contributed by atoms with Crippen molar-refractivity contribution in [2.75, 3.05) is 5.32 Å². The molecule has 0 aliphatic rings. The van der Waals surface area contributed by atoms with Crippen LogP contribution in [-0.2, 0) is 16.0 Å². The molecule has 2 N–H and O–H groups in total. The Hall–Kier alpha value is -3.13. The van der Waals surface area contributed by atoms with E-state index in [2.05, 4.69) is 27.8 Å². The number of rotatable bonds is 14. The summed E-state index contributed by atoms with van der Waals surface area (Å²) < 4.78 is 13.2. The molecule has 0 aliphatic heterocycles. The number of nitrogens with zero attached hydrogens (tertiary/aromatic N) is 2. The zero-order valence-electron chi connectivity index (χ0n) is 20.1. The van der Waals surface area contributed by atoms with Crippen LogP contribution in [0.2, 0.25) is 0 Å². The topological polar surface area (TPSA) is 84.0 Å². The Morgan fingerprint density at radius 3 is 2.31 bits per heavy atom. The molecule has 3 aromatic rings. The Bertz CT molecular complexity index is 1060. The number of hydrogen-bond donors (Lipinski definition) is 2.